The Morgan fingerprint density at radius 1 is 1.26 bits per heavy atom. The summed E-state index contributed by atoms with van der Waals surface area (Å²) in [4.78, 5) is 14.3. The van der Waals surface area contributed by atoms with E-state index in [1.165, 1.54) is 12.8 Å². The smallest absolute Gasteiger partial charge is 0.223 e. The molecule has 1 N–H and O–H groups in total. The van der Waals surface area contributed by atoms with Gasteiger partial charge in [-0.25, -0.2) is 0 Å². The molecule has 0 aromatic carbocycles. The Hall–Kier alpha value is -0.780. The second kappa shape index (κ2) is 8.90. The minimum atomic E-state index is 0. The third-order valence-electron chi connectivity index (χ3n) is 5.06. The van der Waals surface area contributed by atoms with Crippen LogP contribution in [-0.4, -0.2) is 42.1 Å². The molecule has 2 aliphatic heterocycles. The minimum Gasteiger partial charge on any atom is -0.360 e. The Kier molecular flexibility index (Phi) is 7.18. The summed E-state index contributed by atoms with van der Waals surface area (Å²) in [7, 11) is 0. The molecule has 0 spiro atoms. The van der Waals surface area contributed by atoms with E-state index in [0.29, 0.717) is 23.8 Å². The SMILES string of the molecule is Cl.O=C(CCc1cc(Cl)no1)N1CCC(C2CCNCC2)CC1. The van der Waals surface area contributed by atoms with E-state index >= 15 is 0 Å². The molecule has 0 radical (unpaired) electrons. The summed E-state index contributed by atoms with van der Waals surface area (Å²) < 4.78 is 5.04. The van der Waals surface area contributed by atoms with Crippen LogP contribution in [0, 0.1) is 11.8 Å². The molecule has 3 heterocycles. The summed E-state index contributed by atoms with van der Waals surface area (Å²) in [5.74, 6) is 2.56. The van der Waals surface area contributed by atoms with Crippen LogP contribution >= 0.6 is 24.0 Å². The lowest BCUT2D eigenvalue weighted by Crippen LogP contribution is -2.42. The molecule has 1 amide bonds. The molecule has 0 aliphatic carbocycles. The largest absolute Gasteiger partial charge is 0.360 e. The van der Waals surface area contributed by atoms with Crippen molar-refractivity contribution < 1.29 is 9.32 Å². The van der Waals surface area contributed by atoms with Gasteiger partial charge in [-0.15, -0.1) is 12.4 Å². The summed E-state index contributed by atoms with van der Waals surface area (Å²) in [5, 5.41) is 7.41. The number of carbonyl (C=O) groups excluding carboxylic acids is 1. The highest BCUT2D eigenvalue weighted by Gasteiger charge is 2.29. The quantitative estimate of drug-likeness (QED) is 0.895. The van der Waals surface area contributed by atoms with E-state index in [1.54, 1.807) is 6.07 Å². The van der Waals surface area contributed by atoms with Gasteiger partial charge in [0.25, 0.3) is 0 Å². The summed E-state index contributed by atoms with van der Waals surface area (Å²) >= 11 is 5.71. The highest BCUT2D eigenvalue weighted by Crippen LogP contribution is 2.31. The van der Waals surface area contributed by atoms with E-state index in [4.69, 9.17) is 16.1 Å². The van der Waals surface area contributed by atoms with Crippen molar-refractivity contribution in [3.63, 3.8) is 0 Å². The number of aryl methyl sites for hydroxylation is 1. The number of nitrogens with zero attached hydrogens (tertiary/aromatic N) is 2. The van der Waals surface area contributed by atoms with Crippen molar-refractivity contribution in [2.45, 2.75) is 38.5 Å². The number of rotatable bonds is 4. The molecule has 130 valence electrons. The summed E-state index contributed by atoms with van der Waals surface area (Å²) in [6.45, 7) is 4.13. The average molecular weight is 362 g/mol. The van der Waals surface area contributed by atoms with Gasteiger partial charge in [0.1, 0.15) is 5.76 Å². The number of likely N-dealkylation sites (tertiary alicyclic amines) is 1. The van der Waals surface area contributed by atoms with Crippen molar-refractivity contribution >= 4 is 29.9 Å². The topological polar surface area (TPSA) is 58.4 Å². The van der Waals surface area contributed by atoms with Gasteiger partial charge in [0.05, 0.1) is 0 Å². The molecular formula is C16H25Cl2N3O2. The van der Waals surface area contributed by atoms with Crippen LogP contribution in [0.2, 0.25) is 5.15 Å². The highest BCUT2D eigenvalue weighted by atomic mass is 35.5. The van der Waals surface area contributed by atoms with Crippen LogP contribution in [0.5, 0.6) is 0 Å². The molecule has 0 bridgehead atoms. The maximum Gasteiger partial charge on any atom is 0.223 e. The predicted molar refractivity (Wildman–Crippen MR) is 92.0 cm³/mol. The number of piperidine rings is 2. The Balaban J connectivity index is 0.00000192. The fourth-order valence-electron chi connectivity index (χ4n) is 3.73. The van der Waals surface area contributed by atoms with E-state index in [0.717, 1.165) is 50.9 Å². The average Bonchev–Trinajstić information content (AvgIpc) is 2.99. The summed E-state index contributed by atoms with van der Waals surface area (Å²) in [6, 6.07) is 1.68. The van der Waals surface area contributed by atoms with Gasteiger partial charge >= 0.3 is 0 Å². The highest BCUT2D eigenvalue weighted by molar-refractivity contribution is 6.29. The van der Waals surface area contributed by atoms with Crippen molar-refractivity contribution in [2.75, 3.05) is 26.2 Å². The molecule has 7 heteroatoms. The van der Waals surface area contributed by atoms with E-state index in [-0.39, 0.29) is 18.3 Å². The van der Waals surface area contributed by atoms with Gasteiger partial charge in [0.2, 0.25) is 5.91 Å². The van der Waals surface area contributed by atoms with Crippen molar-refractivity contribution in [3.05, 3.63) is 17.0 Å². The van der Waals surface area contributed by atoms with Gasteiger partial charge in [-0.2, -0.15) is 0 Å². The van der Waals surface area contributed by atoms with Crippen molar-refractivity contribution in [2.24, 2.45) is 11.8 Å². The van der Waals surface area contributed by atoms with Crippen LogP contribution in [0.25, 0.3) is 0 Å². The molecular weight excluding hydrogens is 337 g/mol. The van der Waals surface area contributed by atoms with Crippen LogP contribution in [0.4, 0.5) is 0 Å². The molecule has 5 nitrogen and oxygen atoms in total. The first-order valence-electron chi connectivity index (χ1n) is 8.32. The molecule has 0 atom stereocenters. The van der Waals surface area contributed by atoms with Crippen LogP contribution in [-0.2, 0) is 11.2 Å². The molecule has 2 aliphatic rings. The number of nitrogens with one attached hydrogen (secondary N) is 1. The first-order chi connectivity index (χ1) is 10.7. The molecule has 0 saturated carbocycles. The number of halogens is 2. The molecule has 0 unspecified atom stereocenters. The van der Waals surface area contributed by atoms with Gasteiger partial charge < -0.3 is 14.7 Å². The number of aromatic nitrogens is 1. The third-order valence-corrected chi connectivity index (χ3v) is 5.24. The zero-order valence-electron chi connectivity index (χ0n) is 13.3. The number of hydrogen-bond donors (Lipinski definition) is 1. The normalized spacial score (nSPS) is 20.3. The second-order valence-electron chi connectivity index (χ2n) is 6.42. The van der Waals surface area contributed by atoms with Crippen LogP contribution in [0.15, 0.2) is 10.6 Å². The number of carbonyl (C=O) groups is 1. The summed E-state index contributed by atoms with van der Waals surface area (Å²) in [5.41, 5.74) is 0. The Morgan fingerprint density at radius 3 is 2.52 bits per heavy atom. The second-order valence-corrected chi connectivity index (χ2v) is 6.81. The lowest BCUT2D eigenvalue weighted by molar-refractivity contribution is -0.132. The zero-order valence-corrected chi connectivity index (χ0v) is 14.9. The van der Waals surface area contributed by atoms with Gasteiger partial charge in [0.15, 0.2) is 5.15 Å². The van der Waals surface area contributed by atoms with Gasteiger partial charge in [-0.1, -0.05) is 16.8 Å². The minimum absolute atomic E-state index is 0. The molecule has 1 aromatic heterocycles. The Bertz CT molecular complexity index is 495. The first-order valence-corrected chi connectivity index (χ1v) is 8.70. The zero-order chi connectivity index (χ0) is 15.4. The van der Waals surface area contributed by atoms with Crippen molar-refractivity contribution in [3.8, 4) is 0 Å². The van der Waals surface area contributed by atoms with Gasteiger partial charge in [-0.05, 0) is 50.6 Å². The lowest BCUT2D eigenvalue weighted by atomic mass is 9.79. The molecule has 1 aromatic rings. The number of amides is 1. The molecule has 2 saturated heterocycles. The fraction of sp³-hybridized carbons (Fsp3) is 0.750. The van der Waals surface area contributed by atoms with Crippen LogP contribution in [0.1, 0.15) is 37.9 Å². The number of hydrogen-bond acceptors (Lipinski definition) is 4. The van der Waals surface area contributed by atoms with Crippen molar-refractivity contribution in [1.82, 2.24) is 15.4 Å². The van der Waals surface area contributed by atoms with E-state index in [1.807, 2.05) is 4.90 Å². The van der Waals surface area contributed by atoms with Crippen molar-refractivity contribution in [1.29, 1.82) is 0 Å². The van der Waals surface area contributed by atoms with Gasteiger partial charge in [0, 0.05) is 32.0 Å². The first kappa shape index (κ1) is 18.6. The Labute approximate surface area is 148 Å². The monoisotopic (exact) mass is 361 g/mol. The predicted octanol–water partition coefficient (Wildman–Crippen LogP) is 2.92. The molecule has 3 rings (SSSR count). The fourth-order valence-corrected chi connectivity index (χ4v) is 3.89. The Morgan fingerprint density at radius 2 is 1.91 bits per heavy atom. The molecule has 23 heavy (non-hydrogen) atoms. The third kappa shape index (κ3) is 5.10. The maximum absolute atomic E-state index is 12.3. The van der Waals surface area contributed by atoms with Gasteiger partial charge in [-0.3, -0.25) is 4.79 Å². The van der Waals surface area contributed by atoms with Crippen LogP contribution < -0.4 is 5.32 Å². The maximum atomic E-state index is 12.3. The lowest BCUT2D eigenvalue weighted by Gasteiger charge is -2.37. The molecule has 2 fully saturated rings. The van der Waals surface area contributed by atoms with E-state index < -0.39 is 0 Å². The van der Waals surface area contributed by atoms with E-state index in [2.05, 4.69) is 10.5 Å². The van der Waals surface area contributed by atoms with Crippen LogP contribution in [0.3, 0.4) is 0 Å². The van der Waals surface area contributed by atoms with E-state index in [9.17, 15) is 4.79 Å². The standard InChI is InChI=1S/C16H24ClN3O2.ClH/c17-15-11-14(22-19-15)1-2-16(21)20-9-5-13(6-10-20)12-3-7-18-8-4-12;/h11-13,18H,1-10H2;1H. The summed E-state index contributed by atoms with van der Waals surface area (Å²) in [6.07, 6.45) is 5.96.